The van der Waals surface area contributed by atoms with E-state index in [1.807, 2.05) is 5.32 Å². The van der Waals surface area contributed by atoms with Crippen molar-refractivity contribution in [3.63, 3.8) is 0 Å². The van der Waals surface area contributed by atoms with Crippen molar-refractivity contribution in [1.29, 1.82) is 0 Å². The van der Waals surface area contributed by atoms with Crippen LogP contribution in [-0.2, 0) is 4.79 Å². The maximum Gasteiger partial charge on any atom is 0.405 e. The molecule has 0 aromatic carbocycles. The highest BCUT2D eigenvalue weighted by Gasteiger charge is 2.24. The van der Waals surface area contributed by atoms with Crippen LogP contribution >= 0.6 is 0 Å². The minimum Gasteiger partial charge on any atom is -0.465 e. The fraction of sp³-hybridized carbons (Fsp3) is 0.667. The fourth-order valence-corrected chi connectivity index (χ4v) is 0.726. The Balaban J connectivity index is 4.22. The van der Waals surface area contributed by atoms with E-state index in [1.54, 1.807) is 6.92 Å². The van der Waals surface area contributed by atoms with Crippen LogP contribution < -0.4 is 11.1 Å². The van der Waals surface area contributed by atoms with E-state index < -0.39 is 24.1 Å². The molecule has 0 aromatic rings. The third-order valence-corrected chi connectivity index (χ3v) is 1.39. The predicted molar refractivity (Wildman–Crippen MR) is 40.4 cm³/mol. The molecule has 0 fully saturated rings. The lowest BCUT2D eigenvalue weighted by atomic mass is 10.1. The average molecular weight is 176 g/mol. The molecule has 2 unspecified atom stereocenters. The minimum atomic E-state index is -1.38. The van der Waals surface area contributed by atoms with Crippen molar-refractivity contribution in [2.24, 2.45) is 5.73 Å². The first-order valence-corrected chi connectivity index (χ1v) is 3.45. The number of nitrogens with two attached hydrogens (primary N) is 1. The van der Waals surface area contributed by atoms with E-state index in [-0.39, 0.29) is 6.42 Å². The Morgan fingerprint density at radius 3 is 2.33 bits per heavy atom. The van der Waals surface area contributed by atoms with E-state index >= 15 is 0 Å². The molecule has 0 aliphatic heterocycles. The van der Waals surface area contributed by atoms with Crippen LogP contribution in [0.25, 0.3) is 0 Å². The number of hydrogen-bond donors (Lipinski definition) is 4. The van der Waals surface area contributed by atoms with Crippen molar-refractivity contribution >= 4 is 12.0 Å². The lowest BCUT2D eigenvalue weighted by Gasteiger charge is -2.17. The summed E-state index contributed by atoms with van der Waals surface area (Å²) in [6.07, 6.45) is -2.20. The highest BCUT2D eigenvalue weighted by Crippen LogP contribution is 1.97. The summed E-state index contributed by atoms with van der Waals surface area (Å²) in [4.78, 5) is 20.7. The molecule has 0 aliphatic rings. The van der Waals surface area contributed by atoms with Crippen molar-refractivity contribution in [3.8, 4) is 0 Å². The first kappa shape index (κ1) is 10.7. The van der Waals surface area contributed by atoms with Gasteiger partial charge in [-0.25, -0.2) is 4.79 Å². The Morgan fingerprint density at radius 1 is 1.58 bits per heavy atom. The molecule has 12 heavy (non-hydrogen) atoms. The summed E-state index contributed by atoms with van der Waals surface area (Å²) in [5, 5.41) is 19.2. The van der Waals surface area contributed by atoms with Crippen molar-refractivity contribution < 1.29 is 19.8 Å². The van der Waals surface area contributed by atoms with Gasteiger partial charge in [0.1, 0.15) is 6.04 Å². The van der Waals surface area contributed by atoms with E-state index in [0.717, 1.165) is 0 Å². The molecular weight excluding hydrogens is 164 g/mol. The summed E-state index contributed by atoms with van der Waals surface area (Å²) in [6, 6.07) is -1.23. The Morgan fingerprint density at radius 2 is 2.08 bits per heavy atom. The number of aliphatic hydroxyl groups excluding tert-OH is 1. The summed E-state index contributed by atoms with van der Waals surface area (Å²) in [5.74, 6) is -0.883. The molecule has 0 aromatic heterocycles. The first-order valence-electron chi connectivity index (χ1n) is 3.45. The van der Waals surface area contributed by atoms with Crippen molar-refractivity contribution in [2.45, 2.75) is 25.5 Å². The lowest BCUT2D eigenvalue weighted by Crippen LogP contribution is -2.51. The molecule has 0 heterocycles. The number of carbonyl (C=O) groups is 2. The molecule has 5 N–H and O–H groups in total. The molecule has 0 aliphatic carbocycles. The van der Waals surface area contributed by atoms with E-state index in [0.29, 0.717) is 0 Å². The van der Waals surface area contributed by atoms with Gasteiger partial charge in [-0.2, -0.15) is 0 Å². The van der Waals surface area contributed by atoms with Gasteiger partial charge in [0.05, 0.1) is 6.10 Å². The molecule has 0 rings (SSSR count). The molecule has 0 bridgehead atoms. The molecule has 0 saturated heterocycles. The van der Waals surface area contributed by atoms with Gasteiger partial charge < -0.3 is 21.3 Å². The number of nitrogens with one attached hydrogen (secondary N) is 1. The third kappa shape index (κ3) is 3.20. The van der Waals surface area contributed by atoms with Crippen LogP contribution in [0.4, 0.5) is 4.79 Å². The molecule has 0 spiro atoms. The van der Waals surface area contributed by atoms with Crippen LogP contribution in [0.1, 0.15) is 13.3 Å². The Kier molecular flexibility index (Phi) is 4.06. The minimum absolute atomic E-state index is 0.258. The zero-order valence-corrected chi connectivity index (χ0v) is 6.65. The van der Waals surface area contributed by atoms with Crippen molar-refractivity contribution in [1.82, 2.24) is 5.32 Å². The van der Waals surface area contributed by atoms with Crippen molar-refractivity contribution in [2.75, 3.05) is 0 Å². The third-order valence-electron chi connectivity index (χ3n) is 1.39. The van der Waals surface area contributed by atoms with Crippen LogP contribution in [-0.4, -0.2) is 34.4 Å². The zero-order valence-electron chi connectivity index (χ0n) is 6.65. The number of primary amides is 1. The topological polar surface area (TPSA) is 113 Å². The van der Waals surface area contributed by atoms with Gasteiger partial charge in [0.25, 0.3) is 0 Å². The van der Waals surface area contributed by atoms with Gasteiger partial charge in [-0.3, -0.25) is 4.79 Å². The Labute approximate surface area is 69.4 Å². The summed E-state index contributed by atoms with van der Waals surface area (Å²) in [5.41, 5.74) is 4.84. The molecule has 6 nitrogen and oxygen atoms in total. The molecule has 2 amide bonds. The maximum absolute atomic E-state index is 10.6. The zero-order chi connectivity index (χ0) is 9.72. The monoisotopic (exact) mass is 176 g/mol. The average Bonchev–Trinajstić information content (AvgIpc) is 1.98. The molecular formula is C6H12N2O4. The SMILES string of the molecule is CCC(O)C(NC(=O)O)C(N)=O. The highest BCUT2D eigenvalue weighted by atomic mass is 16.4. The van der Waals surface area contributed by atoms with Crippen LogP contribution in [0, 0.1) is 0 Å². The number of hydrogen-bond acceptors (Lipinski definition) is 3. The lowest BCUT2D eigenvalue weighted by molar-refractivity contribution is -0.122. The Bertz CT molecular complexity index is 182. The highest BCUT2D eigenvalue weighted by molar-refractivity contribution is 5.84. The second kappa shape index (κ2) is 4.55. The summed E-state index contributed by atoms with van der Waals surface area (Å²) in [7, 11) is 0. The van der Waals surface area contributed by atoms with Crippen LogP contribution in [0.2, 0.25) is 0 Å². The van der Waals surface area contributed by atoms with Gasteiger partial charge in [0, 0.05) is 0 Å². The summed E-state index contributed by atoms with van der Waals surface area (Å²) in [6.45, 7) is 1.62. The van der Waals surface area contributed by atoms with Crippen LogP contribution in [0.5, 0.6) is 0 Å². The standard InChI is InChI=1S/C6H12N2O4/c1-2-3(9)4(5(7)10)8-6(11)12/h3-4,8-9H,2H2,1H3,(H2,7,10)(H,11,12). The quantitative estimate of drug-likeness (QED) is 0.434. The molecule has 2 atom stereocenters. The molecule has 0 radical (unpaired) electrons. The van der Waals surface area contributed by atoms with Gasteiger partial charge in [-0.15, -0.1) is 0 Å². The van der Waals surface area contributed by atoms with E-state index in [2.05, 4.69) is 0 Å². The van der Waals surface area contributed by atoms with Gasteiger partial charge in [0.15, 0.2) is 0 Å². The van der Waals surface area contributed by atoms with E-state index in [4.69, 9.17) is 15.9 Å². The fourth-order valence-electron chi connectivity index (χ4n) is 0.726. The van der Waals surface area contributed by atoms with Crippen LogP contribution in [0.3, 0.4) is 0 Å². The first-order chi connectivity index (χ1) is 5.49. The largest absolute Gasteiger partial charge is 0.465 e. The van der Waals surface area contributed by atoms with Gasteiger partial charge in [0.2, 0.25) is 5.91 Å². The summed E-state index contributed by atoms with van der Waals surface area (Å²) < 4.78 is 0. The van der Waals surface area contributed by atoms with Gasteiger partial charge >= 0.3 is 6.09 Å². The second-order valence-electron chi connectivity index (χ2n) is 2.31. The number of aliphatic hydroxyl groups is 1. The number of carbonyl (C=O) groups excluding carboxylic acids is 1. The smallest absolute Gasteiger partial charge is 0.405 e. The molecule has 0 saturated carbocycles. The second-order valence-corrected chi connectivity index (χ2v) is 2.31. The normalized spacial score (nSPS) is 14.8. The van der Waals surface area contributed by atoms with E-state index in [1.165, 1.54) is 0 Å². The molecule has 70 valence electrons. The van der Waals surface area contributed by atoms with Crippen molar-refractivity contribution in [3.05, 3.63) is 0 Å². The number of carboxylic acid groups (broad SMARTS) is 1. The van der Waals surface area contributed by atoms with Gasteiger partial charge in [-0.05, 0) is 6.42 Å². The summed E-state index contributed by atoms with van der Waals surface area (Å²) >= 11 is 0. The van der Waals surface area contributed by atoms with E-state index in [9.17, 15) is 9.59 Å². The maximum atomic E-state index is 10.6. The van der Waals surface area contributed by atoms with Crippen LogP contribution in [0.15, 0.2) is 0 Å². The van der Waals surface area contributed by atoms with Gasteiger partial charge in [-0.1, -0.05) is 6.92 Å². The number of amides is 2. The predicted octanol–water partition coefficient (Wildman–Crippen LogP) is -1.12. The number of rotatable bonds is 4. The molecule has 6 heteroatoms. The Hall–Kier alpha value is -1.30.